The predicted octanol–water partition coefficient (Wildman–Crippen LogP) is 2.22. The minimum Gasteiger partial charge on any atom is -0.395 e. The Morgan fingerprint density at radius 3 is 2.53 bits per heavy atom. The number of aliphatic hydroxyl groups excluding tert-OH is 1. The SMILES string of the molecule is CC[C@@]12CCC3(O1)C(C(=O)NC1CCCCC1)N(CCO)C(=O)[C@@H]3[C@@H]2C(=O)Nc1ccccc1. The lowest BCUT2D eigenvalue weighted by molar-refractivity contribution is -0.147. The maximum Gasteiger partial charge on any atom is 0.246 e. The molecule has 3 saturated heterocycles. The van der Waals surface area contributed by atoms with E-state index in [1.807, 2.05) is 37.3 Å². The van der Waals surface area contributed by atoms with Crippen molar-refractivity contribution in [3.8, 4) is 0 Å². The molecule has 3 N–H and O–H groups in total. The van der Waals surface area contributed by atoms with Crippen molar-refractivity contribution in [1.29, 1.82) is 0 Å². The Bertz CT molecular complexity index is 949. The molecule has 2 bridgehead atoms. The lowest BCUT2D eigenvalue weighted by Gasteiger charge is -2.35. The van der Waals surface area contributed by atoms with Crippen LogP contribution in [0.2, 0.25) is 0 Å². The van der Waals surface area contributed by atoms with E-state index in [1.165, 1.54) is 11.3 Å². The second-order valence-corrected chi connectivity index (χ2v) is 10.3. The van der Waals surface area contributed by atoms with E-state index in [0.29, 0.717) is 24.9 Å². The molecule has 1 saturated carbocycles. The number of carbonyl (C=O) groups excluding carboxylic acids is 3. The minimum atomic E-state index is -1.04. The molecule has 5 atom stereocenters. The van der Waals surface area contributed by atoms with Crippen LogP contribution in [-0.2, 0) is 19.1 Å². The number of anilines is 1. The van der Waals surface area contributed by atoms with Gasteiger partial charge >= 0.3 is 0 Å². The molecular formula is C26H35N3O5. The van der Waals surface area contributed by atoms with Crippen LogP contribution >= 0.6 is 0 Å². The number of benzene rings is 1. The molecule has 8 heteroatoms. The van der Waals surface area contributed by atoms with Crippen LogP contribution < -0.4 is 10.6 Å². The van der Waals surface area contributed by atoms with Crippen LogP contribution in [0.15, 0.2) is 30.3 Å². The number of nitrogens with zero attached hydrogens (tertiary/aromatic N) is 1. The Morgan fingerprint density at radius 2 is 1.85 bits per heavy atom. The number of fused-ring (bicyclic) bond motifs is 1. The van der Waals surface area contributed by atoms with Gasteiger partial charge in [-0.05, 0) is 44.2 Å². The molecule has 4 fully saturated rings. The van der Waals surface area contributed by atoms with Gasteiger partial charge in [0.05, 0.1) is 24.0 Å². The maximum atomic E-state index is 13.8. The molecule has 34 heavy (non-hydrogen) atoms. The smallest absolute Gasteiger partial charge is 0.246 e. The third kappa shape index (κ3) is 3.53. The number of aliphatic hydroxyl groups is 1. The first kappa shape index (κ1) is 23.3. The number of nitrogens with one attached hydrogen (secondary N) is 2. The summed E-state index contributed by atoms with van der Waals surface area (Å²) in [5, 5.41) is 15.9. The normalized spacial score (nSPS) is 34.8. The fourth-order valence-electron chi connectivity index (χ4n) is 7.03. The highest BCUT2D eigenvalue weighted by Gasteiger charge is 2.78. The highest BCUT2D eigenvalue weighted by molar-refractivity contribution is 6.02. The second-order valence-electron chi connectivity index (χ2n) is 10.3. The van der Waals surface area contributed by atoms with E-state index in [0.717, 1.165) is 25.7 Å². The Hall–Kier alpha value is -2.45. The topological polar surface area (TPSA) is 108 Å². The second kappa shape index (κ2) is 8.96. The van der Waals surface area contributed by atoms with E-state index >= 15 is 0 Å². The molecule has 3 amide bonds. The number of rotatable bonds is 7. The summed E-state index contributed by atoms with van der Waals surface area (Å²) in [5.74, 6) is -2.15. The third-order valence-corrected chi connectivity index (χ3v) is 8.55. The standard InChI is InChI=1S/C26H35N3O5/c1-2-25-13-14-26(34-25)20(19(25)22(31)27-17-9-5-3-6-10-17)24(33)29(15-16-30)21(26)23(32)28-18-11-7-4-8-12-18/h3,5-6,9-10,18-21,30H,2,4,7-8,11-16H2,1H3,(H,27,31)(H,28,32)/t19-,20+,21?,25+,26?/m1/s1. The first-order valence-electron chi connectivity index (χ1n) is 12.7. The van der Waals surface area contributed by atoms with Crippen molar-refractivity contribution < 1.29 is 24.2 Å². The zero-order valence-electron chi connectivity index (χ0n) is 19.8. The van der Waals surface area contributed by atoms with E-state index < -0.39 is 29.1 Å². The molecule has 0 radical (unpaired) electrons. The van der Waals surface area contributed by atoms with E-state index in [4.69, 9.17) is 4.74 Å². The third-order valence-electron chi connectivity index (χ3n) is 8.55. The van der Waals surface area contributed by atoms with Gasteiger partial charge in [0, 0.05) is 18.3 Å². The van der Waals surface area contributed by atoms with E-state index in [1.54, 1.807) is 0 Å². The minimum absolute atomic E-state index is 0.0509. The zero-order valence-corrected chi connectivity index (χ0v) is 19.8. The van der Waals surface area contributed by atoms with Gasteiger partial charge in [0.15, 0.2) is 0 Å². The largest absolute Gasteiger partial charge is 0.395 e. The molecule has 8 nitrogen and oxygen atoms in total. The number of β-amino-alcohol motifs (C(OH)–C–C–N with tert-alkyl or cyclic N) is 1. The first-order valence-corrected chi connectivity index (χ1v) is 12.7. The molecule has 3 aliphatic heterocycles. The predicted molar refractivity (Wildman–Crippen MR) is 126 cm³/mol. The molecule has 1 aromatic rings. The number of amides is 3. The monoisotopic (exact) mass is 469 g/mol. The van der Waals surface area contributed by atoms with Crippen LogP contribution in [0.25, 0.3) is 0 Å². The Balaban J connectivity index is 1.48. The van der Waals surface area contributed by atoms with Gasteiger partial charge in [0.25, 0.3) is 0 Å². The highest BCUT2D eigenvalue weighted by atomic mass is 16.5. The fraction of sp³-hybridized carbons (Fsp3) is 0.654. The van der Waals surface area contributed by atoms with E-state index in [-0.39, 0.29) is 36.9 Å². The lowest BCUT2D eigenvalue weighted by Crippen LogP contribution is -2.57. The number of likely N-dealkylation sites (tertiary alicyclic amines) is 1. The van der Waals surface area contributed by atoms with Crippen molar-refractivity contribution in [3.63, 3.8) is 0 Å². The van der Waals surface area contributed by atoms with Crippen molar-refractivity contribution in [1.82, 2.24) is 10.2 Å². The molecule has 4 aliphatic rings. The highest BCUT2D eigenvalue weighted by Crippen LogP contribution is 2.64. The van der Waals surface area contributed by atoms with E-state index in [9.17, 15) is 19.5 Å². The number of hydrogen-bond acceptors (Lipinski definition) is 5. The molecular weight excluding hydrogens is 434 g/mol. The molecule has 2 unspecified atom stereocenters. The van der Waals surface area contributed by atoms with Gasteiger partial charge in [-0.1, -0.05) is 44.4 Å². The maximum absolute atomic E-state index is 13.8. The van der Waals surface area contributed by atoms with Crippen LogP contribution in [0.5, 0.6) is 0 Å². The van der Waals surface area contributed by atoms with Crippen LogP contribution in [0.1, 0.15) is 58.3 Å². The molecule has 3 heterocycles. The lowest BCUT2D eigenvalue weighted by atomic mass is 9.65. The van der Waals surface area contributed by atoms with Crippen molar-refractivity contribution in [2.24, 2.45) is 11.8 Å². The van der Waals surface area contributed by atoms with Gasteiger partial charge < -0.3 is 25.4 Å². The van der Waals surface area contributed by atoms with Gasteiger partial charge in [0.2, 0.25) is 17.7 Å². The fourth-order valence-corrected chi connectivity index (χ4v) is 7.03. The van der Waals surface area contributed by atoms with E-state index in [2.05, 4.69) is 10.6 Å². The molecule has 1 aliphatic carbocycles. The summed E-state index contributed by atoms with van der Waals surface area (Å²) in [6, 6.07) is 8.46. The van der Waals surface area contributed by atoms with Crippen LogP contribution in [0.3, 0.4) is 0 Å². The Kier molecular flexibility index (Phi) is 6.14. The first-order chi connectivity index (χ1) is 16.5. The summed E-state index contributed by atoms with van der Waals surface area (Å²) in [7, 11) is 0. The molecule has 1 spiro atoms. The molecule has 184 valence electrons. The van der Waals surface area contributed by atoms with Crippen molar-refractivity contribution in [2.45, 2.75) is 81.6 Å². The van der Waals surface area contributed by atoms with Crippen LogP contribution in [-0.4, -0.2) is 64.2 Å². The van der Waals surface area contributed by atoms with Gasteiger partial charge in [-0.25, -0.2) is 0 Å². The van der Waals surface area contributed by atoms with Gasteiger partial charge in [-0.15, -0.1) is 0 Å². The molecule has 5 rings (SSSR count). The van der Waals surface area contributed by atoms with Crippen molar-refractivity contribution >= 4 is 23.4 Å². The Morgan fingerprint density at radius 1 is 1.12 bits per heavy atom. The van der Waals surface area contributed by atoms with Gasteiger partial charge in [-0.3, -0.25) is 14.4 Å². The average molecular weight is 470 g/mol. The van der Waals surface area contributed by atoms with Crippen LogP contribution in [0, 0.1) is 11.8 Å². The van der Waals surface area contributed by atoms with Crippen LogP contribution in [0.4, 0.5) is 5.69 Å². The summed E-state index contributed by atoms with van der Waals surface area (Å²) in [6.45, 7) is 1.78. The number of para-hydroxylation sites is 1. The zero-order chi connectivity index (χ0) is 23.9. The number of carbonyl (C=O) groups is 3. The average Bonchev–Trinajstić information content (AvgIpc) is 3.44. The van der Waals surface area contributed by atoms with Gasteiger partial charge in [-0.2, -0.15) is 0 Å². The summed E-state index contributed by atoms with van der Waals surface area (Å²) < 4.78 is 6.70. The quantitative estimate of drug-likeness (QED) is 0.568. The van der Waals surface area contributed by atoms with Crippen molar-refractivity contribution in [3.05, 3.63) is 30.3 Å². The summed E-state index contributed by atoms with van der Waals surface area (Å²) >= 11 is 0. The number of ether oxygens (including phenoxy) is 1. The summed E-state index contributed by atoms with van der Waals surface area (Å²) in [6.07, 6.45) is 6.98. The number of hydrogen-bond donors (Lipinski definition) is 3. The summed E-state index contributed by atoms with van der Waals surface area (Å²) in [4.78, 5) is 42.5. The molecule has 1 aromatic carbocycles. The van der Waals surface area contributed by atoms with Gasteiger partial charge in [0.1, 0.15) is 11.6 Å². The van der Waals surface area contributed by atoms with Crippen molar-refractivity contribution in [2.75, 3.05) is 18.5 Å². The Labute approximate surface area is 200 Å². The molecule has 0 aromatic heterocycles. The summed E-state index contributed by atoms with van der Waals surface area (Å²) in [5.41, 5.74) is -1.15.